The van der Waals surface area contributed by atoms with Crippen molar-refractivity contribution in [1.29, 1.82) is 0 Å². The molecule has 1 aliphatic carbocycles. The van der Waals surface area contributed by atoms with Gasteiger partial charge in [-0.1, -0.05) is 30.3 Å². The number of hydrogen-bond donors (Lipinski definition) is 1. The van der Waals surface area contributed by atoms with Crippen molar-refractivity contribution in [3.8, 4) is 0 Å². The first-order valence-corrected chi connectivity index (χ1v) is 4.50. The van der Waals surface area contributed by atoms with E-state index in [9.17, 15) is 4.79 Å². The van der Waals surface area contributed by atoms with E-state index in [0.29, 0.717) is 0 Å². The smallest absolute Gasteiger partial charge is 0.304 e. The Morgan fingerprint density at radius 3 is 2.38 bits per heavy atom. The molecule has 1 fully saturated rings. The van der Waals surface area contributed by atoms with Gasteiger partial charge in [0, 0.05) is 5.41 Å². The second kappa shape index (κ2) is 2.87. The standard InChI is InChI=1S/C11H12O2/c12-10(13)8-11(6-7-11)9-4-2-1-3-5-9/h1-5H,6-8H2,(H,12,13). The van der Waals surface area contributed by atoms with Crippen molar-refractivity contribution in [1.82, 2.24) is 0 Å². The van der Waals surface area contributed by atoms with Crippen molar-refractivity contribution in [3.63, 3.8) is 0 Å². The SMILES string of the molecule is O=C(O)CC1(c2ccccc2)CC1. The number of aliphatic carboxylic acids is 1. The van der Waals surface area contributed by atoms with Crippen molar-refractivity contribution in [2.24, 2.45) is 0 Å². The third-order valence-corrected chi connectivity index (χ3v) is 2.73. The van der Waals surface area contributed by atoms with Gasteiger partial charge in [-0.15, -0.1) is 0 Å². The van der Waals surface area contributed by atoms with E-state index in [0.717, 1.165) is 12.8 Å². The minimum Gasteiger partial charge on any atom is -0.481 e. The number of benzene rings is 1. The number of rotatable bonds is 3. The Labute approximate surface area is 77.2 Å². The molecule has 0 spiro atoms. The van der Waals surface area contributed by atoms with Crippen LogP contribution in [0, 0.1) is 0 Å². The molecule has 2 rings (SSSR count). The number of carboxylic acid groups (broad SMARTS) is 1. The van der Waals surface area contributed by atoms with Crippen LogP contribution in [-0.4, -0.2) is 11.1 Å². The van der Waals surface area contributed by atoms with Crippen LogP contribution in [0.4, 0.5) is 0 Å². The summed E-state index contributed by atoms with van der Waals surface area (Å²) in [4.78, 5) is 10.6. The summed E-state index contributed by atoms with van der Waals surface area (Å²) >= 11 is 0. The molecular formula is C11H12O2. The van der Waals surface area contributed by atoms with E-state index < -0.39 is 5.97 Å². The molecule has 0 atom stereocenters. The fourth-order valence-corrected chi connectivity index (χ4v) is 1.80. The van der Waals surface area contributed by atoms with Gasteiger partial charge in [0.1, 0.15) is 0 Å². The second-order valence-electron chi connectivity index (χ2n) is 3.72. The molecule has 13 heavy (non-hydrogen) atoms. The van der Waals surface area contributed by atoms with Crippen molar-refractivity contribution in [3.05, 3.63) is 35.9 Å². The number of hydrogen-bond acceptors (Lipinski definition) is 1. The fourth-order valence-electron chi connectivity index (χ4n) is 1.80. The highest BCUT2D eigenvalue weighted by atomic mass is 16.4. The molecule has 0 heterocycles. The van der Waals surface area contributed by atoms with Crippen LogP contribution in [0.1, 0.15) is 24.8 Å². The molecule has 0 saturated heterocycles. The molecule has 1 aliphatic rings. The summed E-state index contributed by atoms with van der Waals surface area (Å²) in [6, 6.07) is 9.95. The maximum Gasteiger partial charge on any atom is 0.304 e. The quantitative estimate of drug-likeness (QED) is 0.766. The topological polar surface area (TPSA) is 37.3 Å². The van der Waals surface area contributed by atoms with E-state index in [1.807, 2.05) is 30.3 Å². The summed E-state index contributed by atoms with van der Waals surface area (Å²) in [6.45, 7) is 0. The molecule has 0 aromatic heterocycles. The van der Waals surface area contributed by atoms with Crippen LogP contribution in [0.25, 0.3) is 0 Å². The summed E-state index contributed by atoms with van der Waals surface area (Å²) in [5.41, 5.74) is 1.14. The first kappa shape index (κ1) is 8.30. The lowest BCUT2D eigenvalue weighted by atomic mass is 9.93. The monoisotopic (exact) mass is 176 g/mol. The third-order valence-electron chi connectivity index (χ3n) is 2.73. The highest BCUT2D eigenvalue weighted by Crippen LogP contribution is 2.50. The predicted octanol–water partition coefficient (Wildman–Crippen LogP) is 2.19. The minimum atomic E-state index is -0.693. The highest BCUT2D eigenvalue weighted by molar-refractivity contribution is 5.70. The normalized spacial score (nSPS) is 18.2. The van der Waals surface area contributed by atoms with Crippen molar-refractivity contribution in [2.45, 2.75) is 24.7 Å². The molecule has 1 aromatic carbocycles. The lowest BCUT2D eigenvalue weighted by Gasteiger charge is -2.11. The summed E-state index contributed by atoms with van der Waals surface area (Å²) in [5, 5.41) is 8.75. The van der Waals surface area contributed by atoms with Crippen LogP contribution >= 0.6 is 0 Å². The summed E-state index contributed by atoms with van der Waals surface area (Å²) in [6.07, 6.45) is 2.31. The van der Waals surface area contributed by atoms with E-state index in [1.54, 1.807) is 0 Å². The minimum absolute atomic E-state index is 0.0346. The van der Waals surface area contributed by atoms with Gasteiger partial charge < -0.3 is 5.11 Å². The van der Waals surface area contributed by atoms with Gasteiger partial charge in [0.25, 0.3) is 0 Å². The molecule has 0 unspecified atom stereocenters. The molecule has 68 valence electrons. The van der Waals surface area contributed by atoms with E-state index in [1.165, 1.54) is 5.56 Å². The molecule has 0 bridgehead atoms. The highest BCUT2D eigenvalue weighted by Gasteiger charge is 2.45. The molecule has 2 heteroatoms. The summed E-state index contributed by atoms with van der Waals surface area (Å²) in [5.74, 6) is -0.693. The van der Waals surface area contributed by atoms with Gasteiger partial charge in [0.05, 0.1) is 6.42 Å². The molecule has 0 aliphatic heterocycles. The fraction of sp³-hybridized carbons (Fsp3) is 0.364. The molecule has 1 aromatic rings. The largest absolute Gasteiger partial charge is 0.481 e. The summed E-state index contributed by atoms with van der Waals surface area (Å²) < 4.78 is 0. The van der Waals surface area contributed by atoms with Gasteiger partial charge in [-0.25, -0.2) is 0 Å². The van der Waals surface area contributed by atoms with Gasteiger partial charge in [0.15, 0.2) is 0 Å². The molecule has 0 amide bonds. The Kier molecular flexibility index (Phi) is 1.83. The van der Waals surface area contributed by atoms with E-state index in [4.69, 9.17) is 5.11 Å². The number of carboxylic acids is 1. The number of carbonyl (C=O) groups is 1. The average molecular weight is 176 g/mol. The van der Waals surface area contributed by atoms with Crippen LogP contribution in [0.15, 0.2) is 30.3 Å². The van der Waals surface area contributed by atoms with Crippen LogP contribution in [-0.2, 0) is 10.2 Å². The van der Waals surface area contributed by atoms with E-state index >= 15 is 0 Å². The maximum absolute atomic E-state index is 10.6. The van der Waals surface area contributed by atoms with Crippen LogP contribution in [0.2, 0.25) is 0 Å². The lowest BCUT2D eigenvalue weighted by Crippen LogP contribution is -2.12. The van der Waals surface area contributed by atoms with Crippen LogP contribution in [0.3, 0.4) is 0 Å². The first-order valence-electron chi connectivity index (χ1n) is 4.50. The van der Waals surface area contributed by atoms with Gasteiger partial charge in [0.2, 0.25) is 0 Å². The molecule has 2 nitrogen and oxygen atoms in total. The van der Waals surface area contributed by atoms with Gasteiger partial charge in [-0.3, -0.25) is 4.79 Å². The Morgan fingerprint density at radius 1 is 1.31 bits per heavy atom. The van der Waals surface area contributed by atoms with Crippen LogP contribution in [0.5, 0.6) is 0 Å². The lowest BCUT2D eigenvalue weighted by molar-refractivity contribution is -0.137. The van der Waals surface area contributed by atoms with Crippen molar-refractivity contribution in [2.75, 3.05) is 0 Å². The zero-order valence-electron chi connectivity index (χ0n) is 7.36. The Hall–Kier alpha value is -1.31. The Morgan fingerprint density at radius 2 is 1.92 bits per heavy atom. The van der Waals surface area contributed by atoms with Crippen molar-refractivity contribution < 1.29 is 9.90 Å². The van der Waals surface area contributed by atoms with Gasteiger partial charge >= 0.3 is 5.97 Å². The Bertz CT molecular complexity index is 312. The average Bonchev–Trinajstić information content (AvgIpc) is 2.86. The first-order chi connectivity index (χ1) is 6.23. The van der Waals surface area contributed by atoms with E-state index in [2.05, 4.69) is 0 Å². The second-order valence-corrected chi connectivity index (χ2v) is 3.72. The molecular weight excluding hydrogens is 164 g/mol. The molecule has 0 radical (unpaired) electrons. The van der Waals surface area contributed by atoms with Gasteiger partial charge in [-0.05, 0) is 18.4 Å². The predicted molar refractivity (Wildman–Crippen MR) is 49.6 cm³/mol. The van der Waals surface area contributed by atoms with Crippen molar-refractivity contribution >= 4 is 5.97 Å². The van der Waals surface area contributed by atoms with Crippen LogP contribution < -0.4 is 0 Å². The molecule has 1 saturated carbocycles. The zero-order valence-corrected chi connectivity index (χ0v) is 7.36. The maximum atomic E-state index is 10.6. The zero-order chi connectivity index (χ0) is 9.31. The van der Waals surface area contributed by atoms with E-state index in [-0.39, 0.29) is 11.8 Å². The molecule has 1 N–H and O–H groups in total. The third kappa shape index (κ3) is 1.57. The summed E-state index contributed by atoms with van der Waals surface area (Å²) in [7, 11) is 0. The Balaban J connectivity index is 2.21. The van der Waals surface area contributed by atoms with Gasteiger partial charge in [-0.2, -0.15) is 0 Å².